The number of amides is 1. The van der Waals surface area contributed by atoms with Crippen molar-refractivity contribution < 1.29 is 22.4 Å². The molecule has 0 aliphatic heterocycles. The minimum Gasteiger partial charge on any atom is -0.339 e. The molecule has 0 fully saturated rings. The Hall–Kier alpha value is -4.00. The van der Waals surface area contributed by atoms with E-state index < -0.39 is 35.1 Å². The van der Waals surface area contributed by atoms with E-state index in [9.17, 15) is 27.2 Å². The predicted octanol–water partition coefficient (Wildman–Crippen LogP) is 3.32. The average Bonchev–Trinajstić information content (AvgIpc) is 2.72. The van der Waals surface area contributed by atoms with Crippen LogP contribution in [0.5, 0.6) is 0 Å². The molecule has 1 amide bonds. The number of hydrogen-bond acceptors (Lipinski definition) is 4. The van der Waals surface area contributed by atoms with Crippen LogP contribution in [0.4, 0.5) is 17.6 Å². The lowest BCUT2D eigenvalue weighted by Crippen LogP contribution is -2.31. The highest BCUT2D eigenvalue weighted by atomic mass is 19.4. The Kier molecular flexibility index (Phi) is 5.64. The van der Waals surface area contributed by atoms with Crippen LogP contribution in [0.3, 0.4) is 0 Å². The number of carbonyl (C=O) groups is 1. The summed E-state index contributed by atoms with van der Waals surface area (Å²) in [7, 11) is 0. The van der Waals surface area contributed by atoms with Crippen molar-refractivity contribution in [2.75, 3.05) is 0 Å². The Morgan fingerprint density at radius 2 is 1.90 bits per heavy atom. The second kappa shape index (κ2) is 8.16. The molecule has 2 heterocycles. The van der Waals surface area contributed by atoms with Crippen LogP contribution in [-0.4, -0.2) is 15.9 Å². The molecule has 1 aromatic carbocycles. The summed E-state index contributed by atoms with van der Waals surface area (Å²) in [6.45, 7) is 0. The van der Waals surface area contributed by atoms with Gasteiger partial charge in [-0.2, -0.15) is 18.4 Å². The number of aromatic amines is 1. The molecule has 30 heavy (non-hydrogen) atoms. The lowest BCUT2D eigenvalue weighted by Gasteiger charge is -2.20. The minimum absolute atomic E-state index is 0.0978. The van der Waals surface area contributed by atoms with Gasteiger partial charge in [0.25, 0.3) is 11.5 Å². The number of benzene rings is 1. The topological polar surface area (TPSA) is 98.6 Å². The molecule has 0 aliphatic carbocycles. The minimum atomic E-state index is -4.56. The molecule has 0 bridgehead atoms. The molecule has 0 spiro atoms. The third-order valence-electron chi connectivity index (χ3n) is 4.19. The highest BCUT2D eigenvalue weighted by Crippen LogP contribution is 2.31. The number of hydrogen-bond donors (Lipinski definition) is 2. The van der Waals surface area contributed by atoms with Crippen molar-refractivity contribution in [3.05, 3.63) is 99.0 Å². The summed E-state index contributed by atoms with van der Waals surface area (Å²) < 4.78 is 52.9. The maximum absolute atomic E-state index is 14.3. The van der Waals surface area contributed by atoms with E-state index in [0.717, 1.165) is 42.6 Å². The smallest absolute Gasteiger partial charge is 0.339 e. The molecule has 10 heteroatoms. The molecule has 3 aromatic rings. The summed E-state index contributed by atoms with van der Waals surface area (Å²) >= 11 is 0. The van der Waals surface area contributed by atoms with Gasteiger partial charge < -0.3 is 10.3 Å². The van der Waals surface area contributed by atoms with Gasteiger partial charge in [-0.05, 0) is 35.9 Å². The Morgan fingerprint density at radius 3 is 2.50 bits per heavy atom. The average molecular weight is 416 g/mol. The molecular formula is C20H12F4N4O2. The summed E-state index contributed by atoms with van der Waals surface area (Å²) in [4.78, 5) is 30.3. The Balaban J connectivity index is 2.01. The summed E-state index contributed by atoms with van der Waals surface area (Å²) in [5, 5.41) is 11.4. The molecule has 3 rings (SSSR count). The largest absolute Gasteiger partial charge is 0.416 e. The molecule has 2 aromatic heterocycles. The number of pyridine rings is 2. The fourth-order valence-electron chi connectivity index (χ4n) is 2.70. The SMILES string of the molecule is N#Cc1cc(C(=O)NC(c2ccc(C(F)(F)F)cc2)c2ncccc2F)c[nH]c1=O. The Morgan fingerprint density at radius 1 is 1.20 bits per heavy atom. The van der Waals surface area contributed by atoms with Crippen molar-refractivity contribution in [1.82, 2.24) is 15.3 Å². The number of nitrogens with zero attached hydrogens (tertiary/aromatic N) is 2. The highest BCUT2D eigenvalue weighted by molar-refractivity contribution is 5.94. The van der Waals surface area contributed by atoms with E-state index >= 15 is 0 Å². The van der Waals surface area contributed by atoms with Crippen molar-refractivity contribution in [1.29, 1.82) is 5.26 Å². The van der Waals surface area contributed by atoms with Crippen molar-refractivity contribution >= 4 is 5.91 Å². The molecule has 0 saturated heterocycles. The van der Waals surface area contributed by atoms with Gasteiger partial charge >= 0.3 is 6.18 Å². The van der Waals surface area contributed by atoms with E-state index in [1.807, 2.05) is 0 Å². The van der Waals surface area contributed by atoms with Crippen molar-refractivity contribution in [3.63, 3.8) is 0 Å². The van der Waals surface area contributed by atoms with E-state index in [2.05, 4.69) is 15.3 Å². The van der Waals surface area contributed by atoms with Crippen molar-refractivity contribution in [2.45, 2.75) is 12.2 Å². The summed E-state index contributed by atoms with van der Waals surface area (Å²) in [6, 6.07) is 7.71. The summed E-state index contributed by atoms with van der Waals surface area (Å²) in [6.07, 6.45) is -2.22. The summed E-state index contributed by atoms with van der Waals surface area (Å²) in [5.74, 6) is -1.57. The van der Waals surface area contributed by atoms with E-state index in [-0.39, 0.29) is 22.4 Å². The van der Waals surface area contributed by atoms with Crippen LogP contribution in [0.25, 0.3) is 0 Å². The number of halogens is 4. The molecule has 2 N–H and O–H groups in total. The first kappa shape index (κ1) is 20.7. The van der Waals surface area contributed by atoms with Crippen LogP contribution in [0.2, 0.25) is 0 Å². The zero-order valence-electron chi connectivity index (χ0n) is 15.0. The first-order valence-electron chi connectivity index (χ1n) is 8.42. The van der Waals surface area contributed by atoms with Crippen LogP contribution in [-0.2, 0) is 6.18 Å². The number of nitriles is 1. The molecule has 0 saturated carbocycles. The van der Waals surface area contributed by atoms with Gasteiger partial charge in [-0.1, -0.05) is 12.1 Å². The van der Waals surface area contributed by atoms with Crippen LogP contribution in [0, 0.1) is 17.1 Å². The molecule has 0 radical (unpaired) electrons. The van der Waals surface area contributed by atoms with Crippen molar-refractivity contribution in [3.8, 4) is 6.07 Å². The highest BCUT2D eigenvalue weighted by Gasteiger charge is 2.31. The maximum Gasteiger partial charge on any atom is 0.416 e. The first-order valence-corrected chi connectivity index (χ1v) is 8.42. The second-order valence-electron chi connectivity index (χ2n) is 6.14. The van der Waals surface area contributed by atoms with Gasteiger partial charge in [-0.3, -0.25) is 14.6 Å². The quantitative estimate of drug-likeness (QED) is 0.638. The van der Waals surface area contributed by atoms with Crippen LogP contribution in [0.15, 0.2) is 59.7 Å². The van der Waals surface area contributed by atoms with E-state index in [4.69, 9.17) is 5.26 Å². The normalized spacial score (nSPS) is 12.1. The molecule has 1 unspecified atom stereocenters. The number of rotatable bonds is 4. The third-order valence-corrected chi connectivity index (χ3v) is 4.19. The van der Waals surface area contributed by atoms with Crippen LogP contribution < -0.4 is 10.9 Å². The van der Waals surface area contributed by atoms with Crippen LogP contribution in [0.1, 0.15) is 38.8 Å². The lowest BCUT2D eigenvalue weighted by atomic mass is 10.00. The van der Waals surface area contributed by atoms with Gasteiger partial charge in [0.05, 0.1) is 17.2 Å². The summed E-state index contributed by atoms with van der Waals surface area (Å²) in [5.41, 5.74) is -2.06. The lowest BCUT2D eigenvalue weighted by molar-refractivity contribution is -0.137. The first-order chi connectivity index (χ1) is 14.2. The fraction of sp³-hybridized carbons (Fsp3) is 0.100. The number of carbonyl (C=O) groups excluding carboxylic acids is 1. The second-order valence-corrected chi connectivity index (χ2v) is 6.14. The third kappa shape index (κ3) is 4.35. The van der Waals surface area contributed by atoms with Gasteiger partial charge in [0, 0.05) is 12.4 Å². The van der Waals surface area contributed by atoms with Crippen LogP contribution >= 0.6 is 0 Å². The van der Waals surface area contributed by atoms with E-state index in [1.165, 1.54) is 12.3 Å². The van der Waals surface area contributed by atoms with E-state index in [1.54, 1.807) is 6.07 Å². The molecule has 6 nitrogen and oxygen atoms in total. The fourth-order valence-corrected chi connectivity index (χ4v) is 2.70. The zero-order valence-corrected chi connectivity index (χ0v) is 15.0. The number of aromatic nitrogens is 2. The van der Waals surface area contributed by atoms with Gasteiger partial charge in [0.1, 0.15) is 23.1 Å². The number of alkyl halides is 3. The number of H-pyrrole nitrogens is 1. The molecular weight excluding hydrogens is 404 g/mol. The van der Waals surface area contributed by atoms with Gasteiger partial charge in [0.2, 0.25) is 0 Å². The van der Waals surface area contributed by atoms with E-state index in [0.29, 0.717) is 0 Å². The monoisotopic (exact) mass is 416 g/mol. The Bertz CT molecular complexity index is 1180. The van der Waals surface area contributed by atoms with Gasteiger partial charge in [-0.15, -0.1) is 0 Å². The standard InChI is InChI=1S/C20H12F4N4O2/c21-15-2-1-7-26-17(15)16(11-3-5-14(6-4-11)20(22,23)24)28-19(30)13-8-12(9-25)18(29)27-10-13/h1-8,10,16H,(H,27,29)(H,28,30). The predicted molar refractivity (Wildman–Crippen MR) is 96.7 cm³/mol. The number of nitrogens with one attached hydrogen (secondary N) is 2. The zero-order chi connectivity index (χ0) is 21.9. The molecule has 152 valence electrons. The van der Waals surface area contributed by atoms with Gasteiger partial charge in [0.15, 0.2) is 0 Å². The molecule has 1 atom stereocenters. The maximum atomic E-state index is 14.3. The van der Waals surface area contributed by atoms with Crippen molar-refractivity contribution in [2.24, 2.45) is 0 Å². The van der Waals surface area contributed by atoms with Gasteiger partial charge in [-0.25, -0.2) is 4.39 Å². The Labute approximate surface area is 166 Å². The molecule has 0 aliphatic rings.